The van der Waals surface area contributed by atoms with Crippen molar-refractivity contribution in [1.82, 2.24) is 5.06 Å². The average molecular weight is 205 g/mol. The van der Waals surface area contributed by atoms with Gasteiger partial charge in [0.25, 0.3) is 11.8 Å². The molecule has 0 aromatic heterocycles. The van der Waals surface area contributed by atoms with Crippen LogP contribution >= 0.6 is 0 Å². The van der Waals surface area contributed by atoms with Crippen molar-refractivity contribution in [3.05, 3.63) is 28.9 Å². The number of rotatable bonds is 1. The molecule has 0 saturated carbocycles. The zero-order chi connectivity index (χ0) is 11.0. The van der Waals surface area contributed by atoms with Gasteiger partial charge in [0, 0.05) is 6.42 Å². The molecule has 2 amide bonds. The van der Waals surface area contributed by atoms with E-state index in [1.54, 1.807) is 12.0 Å². The van der Waals surface area contributed by atoms with Crippen LogP contribution in [-0.4, -0.2) is 29.9 Å². The van der Waals surface area contributed by atoms with E-state index in [1.807, 2.05) is 0 Å². The van der Waals surface area contributed by atoms with E-state index in [9.17, 15) is 14.4 Å². The number of hydrogen-bond acceptors (Lipinski definition) is 4. The van der Waals surface area contributed by atoms with Crippen LogP contribution in [0.15, 0.2) is 28.9 Å². The van der Waals surface area contributed by atoms with Crippen molar-refractivity contribution >= 4 is 17.8 Å². The molecule has 5 nitrogen and oxygen atoms in total. The van der Waals surface area contributed by atoms with E-state index < -0.39 is 11.8 Å². The predicted molar refractivity (Wildman–Crippen MR) is 48.9 cm³/mol. The summed E-state index contributed by atoms with van der Waals surface area (Å²) in [6.45, 7) is 0. The Kier molecular flexibility index (Phi) is 2.11. The first-order chi connectivity index (χ1) is 7.20. The Morgan fingerprint density at radius 2 is 2.13 bits per heavy atom. The number of hydroxylamine groups is 2. The summed E-state index contributed by atoms with van der Waals surface area (Å²) in [5.74, 6) is 0.536. The van der Waals surface area contributed by atoms with Gasteiger partial charge in [-0.25, -0.2) is 4.79 Å². The van der Waals surface area contributed by atoms with Gasteiger partial charge in [-0.15, -0.1) is 5.06 Å². The summed E-state index contributed by atoms with van der Waals surface area (Å²) in [6, 6.07) is 0. The van der Waals surface area contributed by atoms with Gasteiger partial charge in [0.15, 0.2) is 0 Å². The van der Waals surface area contributed by atoms with Crippen LogP contribution in [0.5, 0.6) is 0 Å². The summed E-state index contributed by atoms with van der Waals surface area (Å²) in [6.07, 6.45) is 3.48. The SMILES string of the molecule is CON1C(=O)C2=C(C1=O)C(=C=O)CC=C2. The molecular weight excluding hydrogens is 198 g/mol. The molecule has 0 bridgehead atoms. The van der Waals surface area contributed by atoms with Crippen LogP contribution in [0.3, 0.4) is 0 Å². The van der Waals surface area contributed by atoms with Crippen molar-refractivity contribution < 1.29 is 19.2 Å². The van der Waals surface area contributed by atoms with Crippen molar-refractivity contribution in [2.24, 2.45) is 0 Å². The van der Waals surface area contributed by atoms with Crippen LogP contribution in [0.25, 0.3) is 0 Å². The zero-order valence-electron chi connectivity index (χ0n) is 7.94. The normalized spacial score (nSPS) is 19.8. The minimum Gasteiger partial charge on any atom is -0.266 e. The maximum absolute atomic E-state index is 11.6. The highest BCUT2D eigenvalue weighted by Gasteiger charge is 2.40. The first-order valence-corrected chi connectivity index (χ1v) is 4.28. The average Bonchev–Trinajstić information content (AvgIpc) is 2.51. The second-order valence-corrected chi connectivity index (χ2v) is 3.06. The molecule has 5 heteroatoms. The number of hydrogen-bond donors (Lipinski definition) is 0. The molecule has 0 unspecified atom stereocenters. The Balaban J connectivity index is 2.58. The van der Waals surface area contributed by atoms with E-state index in [1.165, 1.54) is 13.2 Å². The van der Waals surface area contributed by atoms with Gasteiger partial charge in [0.1, 0.15) is 5.94 Å². The molecule has 1 heterocycles. The van der Waals surface area contributed by atoms with Crippen molar-refractivity contribution in [1.29, 1.82) is 0 Å². The summed E-state index contributed by atoms with van der Waals surface area (Å²) < 4.78 is 0. The molecule has 0 aromatic carbocycles. The molecule has 0 saturated heterocycles. The maximum Gasteiger partial charge on any atom is 0.286 e. The summed E-state index contributed by atoms with van der Waals surface area (Å²) in [7, 11) is 1.22. The van der Waals surface area contributed by atoms with E-state index in [-0.39, 0.29) is 16.7 Å². The summed E-state index contributed by atoms with van der Waals surface area (Å²) >= 11 is 0. The lowest BCUT2D eigenvalue weighted by atomic mass is 9.95. The van der Waals surface area contributed by atoms with Gasteiger partial charge in [0.05, 0.1) is 23.8 Å². The number of carbonyl (C=O) groups excluding carboxylic acids is 3. The molecular formula is C10H7NO4. The Hall–Kier alpha value is -1.97. The van der Waals surface area contributed by atoms with Crippen LogP contribution < -0.4 is 0 Å². The van der Waals surface area contributed by atoms with Crippen LogP contribution in [0.2, 0.25) is 0 Å². The van der Waals surface area contributed by atoms with Crippen LogP contribution in [0, 0.1) is 0 Å². The highest BCUT2D eigenvalue weighted by atomic mass is 16.7. The number of nitrogens with zero attached hydrogens (tertiary/aromatic N) is 1. The maximum atomic E-state index is 11.6. The Morgan fingerprint density at radius 3 is 2.73 bits per heavy atom. The second kappa shape index (κ2) is 3.31. The van der Waals surface area contributed by atoms with Gasteiger partial charge in [-0.3, -0.25) is 14.4 Å². The number of allylic oxidation sites excluding steroid dienone is 1. The highest BCUT2D eigenvalue weighted by Crippen LogP contribution is 2.31. The minimum atomic E-state index is -0.597. The molecule has 0 aromatic rings. The molecule has 1 aliphatic heterocycles. The number of imide groups is 1. The zero-order valence-corrected chi connectivity index (χ0v) is 7.94. The van der Waals surface area contributed by atoms with E-state index in [2.05, 4.69) is 4.84 Å². The predicted octanol–water partition coefficient (Wildman–Crippen LogP) is -0.0689. The van der Waals surface area contributed by atoms with Gasteiger partial charge in [-0.05, 0) is 0 Å². The molecule has 76 valence electrons. The second-order valence-electron chi connectivity index (χ2n) is 3.06. The Bertz CT molecular complexity index is 466. The third-order valence-corrected chi connectivity index (χ3v) is 2.30. The first kappa shape index (κ1) is 9.58. The van der Waals surface area contributed by atoms with Crippen LogP contribution in [0.4, 0.5) is 0 Å². The van der Waals surface area contributed by atoms with E-state index >= 15 is 0 Å². The third-order valence-electron chi connectivity index (χ3n) is 2.30. The molecule has 2 aliphatic rings. The van der Waals surface area contributed by atoms with Gasteiger partial charge >= 0.3 is 0 Å². The Labute approximate surface area is 85.3 Å². The fourth-order valence-electron chi connectivity index (χ4n) is 1.63. The smallest absolute Gasteiger partial charge is 0.266 e. The minimum absolute atomic E-state index is 0.111. The van der Waals surface area contributed by atoms with E-state index in [0.717, 1.165) is 0 Å². The summed E-state index contributed by atoms with van der Waals surface area (Å²) in [5, 5.41) is 0.637. The van der Waals surface area contributed by atoms with E-state index in [4.69, 9.17) is 0 Å². The van der Waals surface area contributed by atoms with Crippen molar-refractivity contribution in [2.75, 3.05) is 7.11 Å². The molecule has 15 heavy (non-hydrogen) atoms. The van der Waals surface area contributed by atoms with Crippen LogP contribution in [-0.2, 0) is 19.2 Å². The van der Waals surface area contributed by atoms with E-state index in [0.29, 0.717) is 11.5 Å². The third kappa shape index (κ3) is 1.18. The number of carbonyl (C=O) groups is 2. The molecule has 0 fully saturated rings. The summed E-state index contributed by atoms with van der Waals surface area (Å²) in [4.78, 5) is 38.4. The topological polar surface area (TPSA) is 63.7 Å². The van der Waals surface area contributed by atoms with Gasteiger partial charge in [-0.1, -0.05) is 12.2 Å². The number of amides is 2. The van der Waals surface area contributed by atoms with Crippen molar-refractivity contribution in [2.45, 2.75) is 6.42 Å². The molecule has 0 spiro atoms. The molecule has 0 radical (unpaired) electrons. The molecule has 0 N–H and O–H groups in total. The molecule has 1 aliphatic carbocycles. The first-order valence-electron chi connectivity index (χ1n) is 4.28. The fraction of sp³-hybridized carbons (Fsp3) is 0.200. The molecule has 2 rings (SSSR count). The lowest BCUT2D eigenvalue weighted by Crippen LogP contribution is -2.30. The van der Waals surface area contributed by atoms with Crippen molar-refractivity contribution in [3.8, 4) is 0 Å². The fourth-order valence-corrected chi connectivity index (χ4v) is 1.63. The van der Waals surface area contributed by atoms with Gasteiger partial charge < -0.3 is 0 Å². The highest BCUT2D eigenvalue weighted by molar-refractivity contribution is 6.23. The summed E-state index contributed by atoms with van der Waals surface area (Å²) in [5.41, 5.74) is 0.510. The lowest BCUT2D eigenvalue weighted by Gasteiger charge is -2.09. The Morgan fingerprint density at radius 1 is 1.40 bits per heavy atom. The van der Waals surface area contributed by atoms with Gasteiger partial charge in [-0.2, -0.15) is 0 Å². The standard InChI is InChI=1S/C10H7NO4/c1-15-11-9(13)7-4-2-3-6(5-12)8(7)10(11)14/h2,4H,3H2,1H3. The van der Waals surface area contributed by atoms with Crippen molar-refractivity contribution in [3.63, 3.8) is 0 Å². The lowest BCUT2D eigenvalue weighted by molar-refractivity contribution is -0.178. The molecule has 0 atom stereocenters. The van der Waals surface area contributed by atoms with Gasteiger partial charge in [0.2, 0.25) is 0 Å². The monoisotopic (exact) mass is 205 g/mol. The van der Waals surface area contributed by atoms with Crippen LogP contribution in [0.1, 0.15) is 6.42 Å². The largest absolute Gasteiger partial charge is 0.286 e. The quantitative estimate of drug-likeness (QED) is 0.444.